The maximum absolute atomic E-state index is 12.4. The minimum atomic E-state index is -0.115. The first-order chi connectivity index (χ1) is 13.2. The second kappa shape index (κ2) is 8.03. The summed E-state index contributed by atoms with van der Waals surface area (Å²) in [4.78, 5) is 24.6. The number of hydrogen-bond acceptors (Lipinski definition) is 4. The van der Waals surface area contributed by atoms with E-state index in [1.165, 1.54) is 24.0 Å². The molecule has 6 nitrogen and oxygen atoms in total. The molecule has 2 aromatic rings. The Hall–Kier alpha value is -2.50. The fraction of sp³-hybridized carbons (Fsp3) is 0.524. The van der Waals surface area contributed by atoms with Gasteiger partial charge < -0.3 is 9.88 Å². The molecule has 0 spiro atoms. The molecule has 0 saturated heterocycles. The SMILES string of the molecule is O=C(CCC(=O)c1ccc2c(c1)CCC2)NCc1nnc2n1CCCCC2. The maximum atomic E-state index is 12.4. The summed E-state index contributed by atoms with van der Waals surface area (Å²) < 4.78 is 2.13. The normalized spacial score (nSPS) is 15.7. The Morgan fingerprint density at radius 2 is 1.85 bits per heavy atom. The molecular formula is C21H26N4O2. The van der Waals surface area contributed by atoms with E-state index in [0.717, 1.165) is 55.9 Å². The van der Waals surface area contributed by atoms with Crippen LogP contribution in [0.2, 0.25) is 0 Å². The van der Waals surface area contributed by atoms with E-state index in [2.05, 4.69) is 26.1 Å². The Bertz CT molecular complexity index is 856. The number of hydrogen-bond donors (Lipinski definition) is 1. The van der Waals surface area contributed by atoms with Gasteiger partial charge in [0, 0.05) is 31.4 Å². The number of rotatable bonds is 6. The fourth-order valence-electron chi connectivity index (χ4n) is 4.06. The number of benzene rings is 1. The van der Waals surface area contributed by atoms with Gasteiger partial charge in [0.2, 0.25) is 5.91 Å². The first-order valence-corrected chi connectivity index (χ1v) is 10.0. The molecule has 6 heteroatoms. The van der Waals surface area contributed by atoms with Gasteiger partial charge in [0.1, 0.15) is 5.82 Å². The lowest BCUT2D eigenvalue weighted by molar-refractivity contribution is -0.121. The van der Waals surface area contributed by atoms with Crippen LogP contribution in [0, 0.1) is 0 Å². The molecule has 1 amide bonds. The number of nitrogens with one attached hydrogen (secondary N) is 1. The van der Waals surface area contributed by atoms with Crippen LogP contribution in [0.5, 0.6) is 0 Å². The Labute approximate surface area is 159 Å². The summed E-state index contributed by atoms with van der Waals surface area (Å²) in [6.45, 7) is 1.29. The lowest BCUT2D eigenvalue weighted by atomic mass is 10.0. The molecule has 2 heterocycles. The van der Waals surface area contributed by atoms with E-state index in [1.54, 1.807) is 0 Å². The van der Waals surface area contributed by atoms with E-state index >= 15 is 0 Å². The van der Waals surface area contributed by atoms with Crippen molar-refractivity contribution in [1.29, 1.82) is 0 Å². The quantitative estimate of drug-likeness (QED) is 0.798. The molecule has 0 unspecified atom stereocenters. The van der Waals surface area contributed by atoms with Crippen LogP contribution in [-0.4, -0.2) is 26.5 Å². The van der Waals surface area contributed by atoms with E-state index in [4.69, 9.17) is 0 Å². The van der Waals surface area contributed by atoms with Gasteiger partial charge in [-0.1, -0.05) is 18.6 Å². The van der Waals surface area contributed by atoms with Crippen LogP contribution in [-0.2, 0) is 37.1 Å². The molecule has 2 aliphatic rings. The number of carbonyl (C=O) groups is 2. The zero-order valence-electron chi connectivity index (χ0n) is 15.7. The zero-order valence-corrected chi connectivity index (χ0v) is 15.7. The number of aromatic nitrogens is 3. The third kappa shape index (κ3) is 4.10. The monoisotopic (exact) mass is 366 g/mol. The van der Waals surface area contributed by atoms with Gasteiger partial charge in [-0.25, -0.2) is 0 Å². The summed E-state index contributed by atoms with van der Waals surface area (Å²) in [5.74, 6) is 1.75. The Morgan fingerprint density at radius 1 is 0.963 bits per heavy atom. The lowest BCUT2D eigenvalue weighted by Gasteiger charge is -2.08. The van der Waals surface area contributed by atoms with Crippen LogP contribution in [0.15, 0.2) is 18.2 Å². The lowest BCUT2D eigenvalue weighted by Crippen LogP contribution is -2.25. The minimum Gasteiger partial charge on any atom is -0.349 e. The summed E-state index contributed by atoms with van der Waals surface area (Å²) >= 11 is 0. The Morgan fingerprint density at radius 3 is 2.78 bits per heavy atom. The first kappa shape index (κ1) is 17.9. The number of amides is 1. The van der Waals surface area contributed by atoms with E-state index in [1.807, 2.05) is 12.1 Å². The van der Waals surface area contributed by atoms with Gasteiger partial charge in [-0.2, -0.15) is 0 Å². The molecule has 1 aliphatic carbocycles. The highest BCUT2D eigenvalue weighted by atomic mass is 16.2. The molecule has 1 N–H and O–H groups in total. The molecule has 0 radical (unpaired) electrons. The molecule has 27 heavy (non-hydrogen) atoms. The molecule has 1 aromatic heterocycles. The maximum Gasteiger partial charge on any atom is 0.220 e. The summed E-state index contributed by atoms with van der Waals surface area (Å²) in [5.41, 5.74) is 3.38. The van der Waals surface area contributed by atoms with Crippen LogP contribution >= 0.6 is 0 Å². The highest BCUT2D eigenvalue weighted by molar-refractivity contribution is 5.98. The largest absolute Gasteiger partial charge is 0.349 e. The average molecular weight is 366 g/mol. The average Bonchev–Trinajstić information content (AvgIpc) is 3.24. The number of nitrogens with zero attached hydrogens (tertiary/aromatic N) is 3. The molecule has 0 bridgehead atoms. The van der Waals surface area contributed by atoms with Crippen molar-refractivity contribution < 1.29 is 9.59 Å². The van der Waals surface area contributed by atoms with E-state index in [0.29, 0.717) is 6.54 Å². The van der Waals surface area contributed by atoms with Crippen molar-refractivity contribution >= 4 is 11.7 Å². The molecule has 0 fully saturated rings. The van der Waals surface area contributed by atoms with Gasteiger partial charge >= 0.3 is 0 Å². The highest BCUT2D eigenvalue weighted by Crippen LogP contribution is 2.23. The van der Waals surface area contributed by atoms with Crippen LogP contribution in [0.3, 0.4) is 0 Å². The van der Waals surface area contributed by atoms with Crippen molar-refractivity contribution in [2.45, 2.75) is 70.9 Å². The van der Waals surface area contributed by atoms with Gasteiger partial charge in [-0.05, 0) is 49.3 Å². The summed E-state index contributed by atoms with van der Waals surface area (Å²) in [6, 6.07) is 5.97. The predicted octanol–water partition coefficient (Wildman–Crippen LogP) is 2.77. The summed E-state index contributed by atoms with van der Waals surface area (Å²) in [5, 5.41) is 11.4. The fourth-order valence-corrected chi connectivity index (χ4v) is 4.06. The van der Waals surface area contributed by atoms with Crippen LogP contribution in [0.25, 0.3) is 0 Å². The second-order valence-electron chi connectivity index (χ2n) is 7.53. The van der Waals surface area contributed by atoms with E-state index in [-0.39, 0.29) is 24.5 Å². The van der Waals surface area contributed by atoms with Gasteiger partial charge in [0.15, 0.2) is 11.6 Å². The zero-order chi connectivity index (χ0) is 18.6. The molecule has 4 rings (SSSR count). The third-order valence-electron chi connectivity index (χ3n) is 5.63. The molecule has 1 aromatic carbocycles. The first-order valence-electron chi connectivity index (χ1n) is 10.0. The van der Waals surface area contributed by atoms with Gasteiger partial charge in [-0.3, -0.25) is 9.59 Å². The smallest absolute Gasteiger partial charge is 0.220 e. The van der Waals surface area contributed by atoms with E-state index in [9.17, 15) is 9.59 Å². The number of carbonyl (C=O) groups excluding carboxylic acids is 2. The number of fused-ring (bicyclic) bond motifs is 2. The van der Waals surface area contributed by atoms with Crippen molar-refractivity contribution in [2.24, 2.45) is 0 Å². The van der Waals surface area contributed by atoms with E-state index < -0.39 is 0 Å². The van der Waals surface area contributed by atoms with Gasteiger partial charge in [-0.15, -0.1) is 10.2 Å². The molecule has 1 aliphatic heterocycles. The Kier molecular flexibility index (Phi) is 5.32. The minimum absolute atomic E-state index is 0.0381. The highest BCUT2D eigenvalue weighted by Gasteiger charge is 2.17. The topological polar surface area (TPSA) is 76.9 Å². The third-order valence-corrected chi connectivity index (χ3v) is 5.63. The van der Waals surface area contributed by atoms with Crippen LogP contribution in [0.4, 0.5) is 0 Å². The summed E-state index contributed by atoms with van der Waals surface area (Å²) in [6.07, 6.45) is 8.21. The number of Topliss-reactive ketones (excluding diaryl/α,β-unsaturated/α-hetero) is 1. The van der Waals surface area contributed by atoms with Crippen molar-refractivity contribution in [1.82, 2.24) is 20.1 Å². The predicted molar refractivity (Wildman–Crippen MR) is 101 cm³/mol. The van der Waals surface area contributed by atoms with Crippen molar-refractivity contribution in [2.75, 3.05) is 0 Å². The Balaban J connectivity index is 1.27. The molecule has 0 saturated carbocycles. The molecule has 142 valence electrons. The molecular weight excluding hydrogens is 340 g/mol. The second-order valence-corrected chi connectivity index (χ2v) is 7.53. The standard InChI is InChI=1S/C21H26N4O2/c26-18(17-9-8-15-5-4-6-16(15)13-17)10-11-21(27)22-14-20-24-23-19-7-2-1-3-12-25(19)20/h8-9,13H,1-7,10-12,14H2,(H,22,27). The van der Waals surface area contributed by atoms with Crippen molar-refractivity contribution in [3.63, 3.8) is 0 Å². The van der Waals surface area contributed by atoms with Crippen LogP contribution < -0.4 is 5.32 Å². The van der Waals surface area contributed by atoms with Gasteiger partial charge in [0.05, 0.1) is 6.54 Å². The van der Waals surface area contributed by atoms with Gasteiger partial charge in [0.25, 0.3) is 0 Å². The molecule has 0 atom stereocenters. The summed E-state index contributed by atoms with van der Waals surface area (Å²) in [7, 11) is 0. The number of ketones is 1. The van der Waals surface area contributed by atoms with Crippen molar-refractivity contribution in [3.8, 4) is 0 Å². The van der Waals surface area contributed by atoms with Crippen molar-refractivity contribution in [3.05, 3.63) is 46.5 Å². The van der Waals surface area contributed by atoms with Crippen LogP contribution in [0.1, 0.15) is 71.7 Å². The number of aryl methyl sites for hydroxylation is 3.